The van der Waals surface area contributed by atoms with E-state index in [1.807, 2.05) is 0 Å². The number of hydrogen-bond acceptors (Lipinski definition) is 5. The molecule has 0 spiro atoms. The predicted molar refractivity (Wildman–Crippen MR) is 77.8 cm³/mol. The first-order valence-electron chi connectivity index (χ1n) is 6.10. The Labute approximate surface area is 127 Å². The minimum absolute atomic E-state index is 0.0276. The molecule has 2 N–H and O–H groups in total. The fourth-order valence-electron chi connectivity index (χ4n) is 2.05. The number of carbonyl (C=O) groups excluding carboxylic acids is 1. The van der Waals surface area contributed by atoms with Crippen LogP contribution in [0.5, 0.6) is 5.88 Å². The average molecular weight is 321 g/mol. The van der Waals surface area contributed by atoms with Crippen LogP contribution >= 0.6 is 11.3 Å². The lowest BCUT2D eigenvalue weighted by molar-refractivity contribution is 0.1000. The number of carbonyl (C=O) groups is 1. The van der Waals surface area contributed by atoms with Crippen LogP contribution in [0.2, 0.25) is 0 Å². The number of hydrogen-bond donors (Lipinski definition) is 1. The molecule has 0 atom stereocenters. The maximum absolute atomic E-state index is 14.0. The number of thiazole rings is 1. The smallest absolute Gasteiger partial charge is 0.277 e. The second-order valence-corrected chi connectivity index (χ2v) is 5.34. The molecule has 2 aromatic heterocycles. The number of primary amides is 1. The van der Waals surface area contributed by atoms with Gasteiger partial charge >= 0.3 is 0 Å². The molecular formula is C14H9F2N3O2S. The van der Waals surface area contributed by atoms with Crippen molar-refractivity contribution in [3.8, 4) is 17.0 Å². The lowest BCUT2D eigenvalue weighted by Crippen LogP contribution is -2.09. The summed E-state index contributed by atoms with van der Waals surface area (Å²) in [5.74, 6) is -2.50. The topological polar surface area (TPSA) is 78.1 Å². The Morgan fingerprint density at radius 1 is 1.32 bits per heavy atom. The van der Waals surface area contributed by atoms with Gasteiger partial charge in [-0.05, 0) is 6.07 Å². The summed E-state index contributed by atoms with van der Waals surface area (Å²) >= 11 is 0.976. The number of pyridine rings is 1. The zero-order valence-electron chi connectivity index (χ0n) is 11.3. The normalized spacial score (nSPS) is 10.9. The van der Waals surface area contributed by atoms with Crippen molar-refractivity contribution in [3.63, 3.8) is 0 Å². The Kier molecular flexibility index (Phi) is 3.45. The van der Waals surface area contributed by atoms with Crippen LogP contribution in [0.25, 0.3) is 21.3 Å². The quantitative estimate of drug-likeness (QED) is 0.804. The van der Waals surface area contributed by atoms with Crippen molar-refractivity contribution < 1.29 is 18.3 Å². The van der Waals surface area contributed by atoms with Crippen molar-refractivity contribution in [2.45, 2.75) is 0 Å². The van der Waals surface area contributed by atoms with E-state index in [9.17, 15) is 13.6 Å². The minimum Gasteiger partial charge on any atom is -0.479 e. The van der Waals surface area contributed by atoms with Crippen LogP contribution in [0.3, 0.4) is 0 Å². The van der Waals surface area contributed by atoms with Crippen LogP contribution in [0.4, 0.5) is 8.78 Å². The lowest BCUT2D eigenvalue weighted by Gasteiger charge is -2.06. The van der Waals surface area contributed by atoms with Gasteiger partial charge in [0.05, 0.1) is 11.8 Å². The van der Waals surface area contributed by atoms with Gasteiger partial charge < -0.3 is 10.5 Å². The summed E-state index contributed by atoms with van der Waals surface area (Å²) < 4.78 is 33.0. The standard InChI is InChI=1S/C14H9F2N3O2S/c1-21-13-10-11(22-14(19-10)12(17)20)7(5-18-13)6-3-2-4-8(15)9(6)16/h2-5H,1H3,(H2,17,20). The summed E-state index contributed by atoms with van der Waals surface area (Å²) in [7, 11) is 1.40. The molecule has 22 heavy (non-hydrogen) atoms. The van der Waals surface area contributed by atoms with Crippen LogP contribution in [0.1, 0.15) is 9.80 Å². The number of benzene rings is 1. The molecule has 5 nitrogen and oxygen atoms in total. The van der Waals surface area contributed by atoms with Crippen LogP contribution in [-0.4, -0.2) is 23.0 Å². The highest BCUT2D eigenvalue weighted by Gasteiger charge is 2.20. The Bertz CT molecular complexity index is 895. The molecule has 0 fully saturated rings. The second kappa shape index (κ2) is 5.30. The van der Waals surface area contributed by atoms with Crippen LogP contribution in [0.15, 0.2) is 24.4 Å². The van der Waals surface area contributed by atoms with Crippen molar-refractivity contribution in [2.24, 2.45) is 5.73 Å². The highest BCUT2D eigenvalue weighted by atomic mass is 32.1. The molecule has 0 unspecified atom stereocenters. The third kappa shape index (κ3) is 2.17. The summed E-state index contributed by atoms with van der Waals surface area (Å²) in [5, 5.41) is 0.0411. The number of fused-ring (bicyclic) bond motifs is 1. The maximum Gasteiger partial charge on any atom is 0.277 e. The Morgan fingerprint density at radius 2 is 2.09 bits per heavy atom. The molecule has 0 radical (unpaired) electrons. The number of nitrogens with zero attached hydrogens (tertiary/aromatic N) is 2. The van der Waals surface area contributed by atoms with E-state index in [0.717, 1.165) is 17.4 Å². The zero-order chi connectivity index (χ0) is 15.9. The largest absolute Gasteiger partial charge is 0.479 e. The molecule has 8 heteroatoms. The van der Waals surface area contributed by atoms with Crippen molar-refractivity contribution in [1.29, 1.82) is 0 Å². The molecule has 2 heterocycles. The zero-order valence-corrected chi connectivity index (χ0v) is 12.1. The van der Waals surface area contributed by atoms with E-state index in [4.69, 9.17) is 10.5 Å². The summed E-state index contributed by atoms with van der Waals surface area (Å²) in [4.78, 5) is 19.4. The molecule has 3 rings (SSSR count). The first-order chi connectivity index (χ1) is 10.5. The van der Waals surface area contributed by atoms with Gasteiger partial charge in [0.15, 0.2) is 16.6 Å². The van der Waals surface area contributed by atoms with Crippen molar-refractivity contribution in [3.05, 3.63) is 41.0 Å². The van der Waals surface area contributed by atoms with Gasteiger partial charge in [0, 0.05) is 17.3 Å². The number of amides is 1. The molecular weight excluding hydrogens is 312 g/mol. The SMILES string of the molecule is COc1ncc(-c2cccc(F)c2F)c2sc(C(N)=O)nc12. The fourth-order valence-corrected chi connectivity index (χ4v) is 2.98. The minimum atomic E-state index is -0.996. The Hall–Kier alpha value is -2.61. The highest BCUT2D eigenvalue weighted by Crippen LogP contribution is 2.37. The van der Waals surface area contributed by atoms with Gasteiger partial charge in [0.25, 0.3) is 5.91 Å². The van der Waals surface area contributed by atoms with Crippen molar-refractivity contribution in [2.75, 3.05) is 7.11 Å². The predicted octanol–water partition coefficient (Wildman–Crippen LogP) is 2.74. The number of ether oxygens (including phenoxy) is 1. The average Bonchev–Trinajstić information content (AvgIpc) is 2.95. The first kappa shape index (κ1) is 14.3. The number of rotatable bonds is 3. The van der Waals surface area contributed by atoms with Crippen LogP contribution in [0, 0.1) is 11.6 Å². The van der Waals surface area contributed by atoms with E-state index in [2.05, 4.69) is 9.97 Å². The first-order valence-corrected chi connectivity index (χ1v) is 6.92. The Morgan fingerprint density at radius 3 is 2.77 bits per heavy atom. The maximum atomic E-state index is 14.0. The highest BCUT2D eigenvalue weighted by molar-refractivity contribution is 7.20. The molecule has 0 aliphatic heterocycles. The van der Waals surface area contributed by atoms with Crippen LogP contribution in [-0.2, 0) is 0 Å². The second-order valence-electron chi connectivity index (χ2n) is 4.34. The molecule has 0 bridgehead atoms. The van der Waals surface area contributed by atoms with Gasteiger partial charge in [-0.15, -0.1) is 11.3 Å². The van der Waals surface area contributed by atoms with Gasteiger partial charge in [-0.3, -0.25) is 4.79 Å². The molecule has 3 aromatic rings. The van der Waals surface area contributed by atoms with Crippen LogP contribution < -0.4 is 10.5 Å². The molecule has 112 valence electrons. The number of nitrogens with two attached hydrogens (primary N) is 1. The van der Waals surface area contributed by atoms with E-state index in [0.29, 0.717) is 10.3 Å². The molecule has 1 amide bonds. The molecule has 0 aliphatic rings. The third-order valence-corrected chi connectivity index (χ3v) is 4.13. The number of halogens is 2. The van der Waals surface area contributed by atoms with E-state index >= 15 is 0 Å². The molecule has 0 saturated heterocycles. The summed E-state index contributed by atoms with van der Waals surface area (Å²) in [6.07, 6.45) is 1.35. The summed E-state index contributed by atoms with van der Waals surface area (Å²) in [6, 6.07) is 3.83. The summed E-state index contributed by atoms with van der Waals surface area (Å²) in [6.45, 7) is 0. The number of methoxy groups -OCH3 is 1. The lowest BCUT2D eigenvalue weighted by atomic mass is 10.1. The van der Waals surface area contributed by atoms with E-state index in [1.54, 1.807) is 0 Å². The van der Waals surface area contributed by atoms with Crippen molar-refractivity contribution in [1.82, 2.24) is 9.97 Å². The van der Waals surface area contributed by atoms with Gasteiger partial charge in [-0.1, -0.05) is 12.1 Å². The molecule has 0 aliphatic carbocycles. The molecule has 0 saturated carbocycles. The van der Waals surface area contributed by atoms with E-state index in [1.165, 1.54) is 25.4 Å². The van der Waals surface area contributed by atoms with Gasteiger partial charge in [-0.2, -0.15) is 0 Å². The fraction of sp³-hybridized carbons (Fsp3) is 0.0714. The van der Waals surface area contributed by atoms with Gasteiger partial charge in [0.2, 0.25) is 5.88 Å². The van der Waals surface area contributed by atoms with E-state index < -0.39 is 17.5 Å². The summed E-state index contributed by atoms with van der Waals surface area (Å²) in [5.41, 5.74) is 5.85. The van der Waals surface area contributed by atoms with Crippen molar-refractivity contribution >= 4 is 27.5 Å². The third-order valence-electron chi connectivity index (χ3n) is 3.03. The Balaban J connectivity index is 2.35. The van der Waals surface area contributed by atoms with Gasteiger partial charge in [0.1, 0.15) is 5.52 Å². The van der Waals surface area contributed by atoms with Gasteiger partial charge in [-0.25, -0.2) is 18.7 Å². The van der Waals surface area contributed by atoms with E-state index in [-0.39, 0.29) is 22.0 Å². The molecule has 1 aromatic carbocycles. The number of aromatic nitrogens is 2. The monoisotopic (exact) mass is 321 g/mol.